The summed E-state index contributed by atoms with van der Waals surface area (Å²) in [5.41, 5.74) is 2.62. The van der Waals surface area contributed by atoms with Gasteiger partial charge < -0.3 is 14.4 Å². The summed E-state index contributed by atoms with van der Waals surface area (Å²) in [6.45, 7) is 8.01. The van der Waals surface area contributed by atoms with E-state index < -0.39 is 0 Å². The molecule has 3 rings (SSSR count). The Morgan fingerprint density at radius 1 is 0.833 bits per heavy atom. The van der Waals surface area contributed by atoms with E-state index in [0.717, 1.165) is 44.2 Å². The lowest BCUT2D eigenvalue weighted by molar-refractivity contribution is 0.249. The van der Waals surface area contributed by atoms with E-state index in [1.165, 1.54) is 11.3 Å². The zero-order valence-corrected chi connectivity index (χ0v) is 14.6. The summed E-state index contributed by atoms with van der Waals surface area (Å²) in [5, 5.41) is 0. The molecule has 0 N–H and O–H groups in total. The normalized spacial score (nSPS) is 15.3. The SMILES string of the molecule is CCOc1ccc(CN2CCN(c3ccc(OC)cc3)CC2)cc1. The number of methoxy groups -OCH3 is 1. The first-order valence-electron chi connectivity index (χ1n) is 8.61. The van der Waals surface area contributed by atoms with Crippen molar-refractivity contribution in [3.63, 3.8) is 0 Å². The Kier molecular flexibility index (Phi) is 5.59. The van der Waals surface area contributed by atoms with Gasteiger partial charge in [-0.05, 0) is 48.9 Å². The van der Waals surface area contributed by atoms with Gasteiger partial charge in [-0.1, -0.05) is 12.1 Å². The van der Waals surface area contributed by atoms with Gasteiger partial charge in [0.05, 0.1) is 13.7 Å². The van der Waals surface area contributed by atoms with Crippen molar-refractivity contribution < 1.29 is 9.47 Å². The first-order valence-corrected chi connectivity index (χ1v) is 8.61. The van der Waals surface area contributed by atoms with Crippen LogP contribution in [0.3, 0.4) is 0 Å². The van der Waals surface area contributed by atoms with Crippen molar-refractivity contribution in [1.29, 1.82) is 0 Å². The number of hydrogen-bond acceptors (Lipinski definition) is 4. The number of hydrogen-bond donors (Lipinski definition) is 0. The Hall–Kier alpha value is -2.20. The standard InChI is InChI=1S/C20H26N2O2/c1-3-24-20-8-4-17(5-9-20)16-21-12-14-22(15-13-21)18-6-10-19(23-2)11-7-18/h4-11H,3,12-16H2,1-2H3. The Labute approximate surface area is 144 Å². The van der Waals surface area contributed by atoms with Crippen LogP contribution in [0.15, 0.2) is 48.5 Å². The van der Waals surface area contributed by atoms with Crippen LogP contribution in [-0.2, 0) is 6.54 Å². The smallest absolute Gasteiger partial charge is 0.119 e. The molecule has 0 atom stereocenters. The first kappa shape index (κ1) is 16.7. The minimum atomic E-state index is 0.715. The zero-order valence-electron chi connectivity index (χ0n) is 14.6. The Morgan fingerprint density at radius 2 is 1.46 bits per heavy atom. The van der Waals surface area contributed by atoms with Gasteiger partial charge in [0.15, 0.2) is 0 Å². The molecule has 0 bridgehead atoms. The highest BCUT2D eigenvalue weighted by molar-refractivity contribution is 5.49. The van der Waals surface area contributed by atoms with Gasteiger partial charge in [0, 0.05) is 38.4 Å². The first-order chi connectivity index (χ1) is 11.8. The predicted molar refractivity (Wildman–Crippen MR) is 98.1 cm³/mol. The molecule has 0 unspecified atom stereocenters. The lowest BCUT2D eigenvalue weighted by atomic mass is 10.2. The minimum absolute atomic E-state index is 0.715. The van der Waals surface area contributed by atoms with Crippen LogP contribution in [0.25, 0.3) is 0 Å². The van der Waals surface area contributed by atoms with Gasteiger partial charge in [-0.2, -0.15) is 0 Å². The van der Waals surface area contributed by atoms with Crippen LogP contribution in [-0.4, -0.2) is 44.8 Å². The van der Waals surface area contributed by atoms with Crippen molar-refractivity contribution in [3.05, 3.63) is 54.1 Å². The molecule has 2 aromatic carbocycles. The average Bonchev–Trinajstić information content (AvgIpc) is 2.64. The number of ether oxygens (including phenoxy) is 2. The molecule has 1 aliphatic heterocycles. The number of rotatable bonds is 6. The molecule has 0 spiro atoms. The van der Waals surface area contributed by atoms with Gasteiger partial charge >= 0.3 is 0 Å². The lowest BCUT2D eigenvalue weighted by Crippen LogP contribution is -2.45. The topological polar surface area (TPSA) is 24.9 Å². The maximum atomic E-state index is 5.50. The fourth-order valence-corrected chi connectivity index (χ4v) is 3.07. The molecule has 1 aliphatic rings. The third kappa shape index (κ3) is 4.20. The van der Waals surface area contributed by atoms with Crippen molar-refractivity contribution in [2.75, 3.05) is 44.8 Å². The maximum Gasteiger partial charge on any atom is 0.119 e. The third-order valence-corrected chi connectivity index (χ3v) is 4.45. The van der Waals surface area contributed by atoms with E-state index >= 15 is 0 Å². The molecule has 0 saturated carbocycles. The van der Waals surface area contributed by atoms with Gasteiger partial charge in [0.2, 0.25) is 0 Å². The number of nitrogens with zero attached hydrogens (tertiary/aromatic N) is 2. The summed E-state index contributed by atoms with van der Waals surface area (Å²) in [5.74, 6) is 1.86. The van der Waals surface area contributed by atoms with Crippen LogP contribution in [0.5, 0.6) is 11.5 Å². The van der Waals surface area contributed by atoms with E-state index in [1.54, 1.807) is 7.11 Å². The number of benzene rings is 2. The van der Waals surface area contributed by atoms with Crippen molar-refractivity contribution in [2.45, 2.75) is 13.5 Å². The van der Waals surface area contributed by atoms with E-state index in [0.29, 0.717) is 6.61 Å². The van der Waals surface area contributed by atoms with Gasteiger partial charge in [-0.15, -0.1) is 0 Å². The molecule has 4 heteroatoms. The van der Waals surface area contributed by atoms with Crippen molar-refractivity contribution in [1.82, 2.24) is 4.90 Å². The van der Waals surface area contributed by atoms with E-state index in [-0.39, 0.29) is 0 Å². The van der Waals surface area contributed by atoms with Gasteiger partial charge in [-0.3, -0.25) is 4.90 Å². The molecule has 1 heterocycles. The second kappa shape index (κ2) is 8.06. The van der Waals surface area contributed by atoms with E-state index in [4.69, 9.17) is 9.47 Å². The largest absolute Gasteiger partial charge is 0.497 e. The summed E-state index contributed by atoms with van der Waals surface area (Å²) in [6.07, 6.45) is 0. The molecule has 4 nitrogen and oxygen atoms in total. The number of piperazine rings is 1. The molecular formula is C20H26N2O2. The summed E-state index contributed by atoms with van der Waals surface area (Å²) in [7, 11) is 1.70. The van der Waals surface area contributed by atoms with E-state index in [9.17, 15) is 0 Å². The van der Waals surface area contributed by atoms with Crippen molar-refractivity contribution >= 4 is 5.69 Å². The Balaban J connectivity index is 1.51. The van der Waals surface area contributed by atoms with E-state index in [1.807, 2.05) is 19.1 Å². The summed E-state index contributed by atoms with van der Waals surface area (Å²) in [6, 6.07) is 16.8. The zero-order chi connectivity index (χ0) is 16.8. The van der Waals surface area contributed by atoms with Gasteiger partial charge in [0.1, 0.15) is 11.5 Å². The van der Waals surface area contributed by atoms with Crippen LogP contribution in [0.2, 0.25) is 0 Å². The summed E-state index contributed by atoms with van der Waals surface area (Å²) in [4.78, 5) is 4.95. The molecule has 0 aromatic heterocycles. The van der Waals surface area contributed by atoms with Crippen LogP contribution in [0.4, 0.5) is 5.69 Å². The highest BCUT2D eigenvalue weighted by Gasteiger charge is 2.17. The fourth-order valence-electron chi connectivity index (χ4n) is 3.07. The van der Waals surface area contributed by atoms with Crippen LogP contribution >= 0.6 is 0 Å². The molecule has 1 fully saturated rings. The Bertz CT molecular complexity index is 617. The van der Waals surface area contributed by atoms with E-state index in [2.05, 4.69) is 46.2 Å². The quantitative estimate of drug-likeness (QED) is 0.812. The van der Waals surface area contributed by atoms with Crippen LogP contribution < -0.4 is 14.4 Å². The average molecular weight is 326 g/mol. The molecule has 0 aliphatic carbocycles. The summed E-state index contributed by atoms with van der Waals surface area (Å²) < 4.78 is 10.7. The minimum Gasteiger partial charge on any atom is -0.497 e. The van der Waals surface area contributed by atoms with Gasteiger partial charge in [0.25, 0.3) is 0 Å². The molecular weight excluding hydrogens is 300 g/mol. The number of anilines is 1. The molecule has 1 saturated heterocycles. The highest BCUT2D eigenvalue weighted by Crippen LogP contribution is 2.21. The monoisotopic (exact) mass is 326 g/mol. The summed E-state index contributed by atoms with van der Waals surface area (Å²) >= 11 is 0. The highest BCUT2D eigenvalue weighted by atomic mass is 16.5. The molecule has 0 amide bonds. The third-order valence-electron chi connectivity index (χ3n) is 4.45. The van der Waals surface area contributed by atoms with Crippen LogP contribution in [0.1, 0.15) is 12.5 Å². The maximum absolute atomic E-state index is 5.50. The van der Waals surface area contributed by atoms with Gasteiger partial charge in [-0.25, -0.2) is 0 Å². The molecule has 128 valence electrons. The second-order valence-electron chi connectivity index (χ2n) is 6.04. The Morgan fingerprint density at radius 3 is 2.04 bits per heavy atom. The lowest BCUT2D eigenvalue weighted by Gasteiger charge is -2.36. The van der Waals surface area contributed by atoms with Crippen LogP contribution in [0, 0.1) is 0 Å². The molecule has 24 heavy (non-hydrogen) atoms. The van der Waals surface area contributed by atoms with Crippen molar-refractivity contribution in [3.8, 4) is 11.5 Å². The molecule has 0 radical (unpaired) electrons. The fraction of sp³-hybridized carbons (Fsp3) is 0.400. The second-order valence-corrected chi connectivity index (χ2v) is 6.04. The van der Waals surface area contributed by atoms with Crippen molar-refractivity contribution in [2.24, 2.45) is 0 Å². The predicted octanol–water partition coefficient (Wildman–Crippen LogP) is 3.42. The molecule has 2 aromatic rings.